The molecular formula is C14H12N2O4. The topological polar surface area (TPSA) is 92.4 Å². The van der Waals surface area contributed by atoms with Gasteiger partial charge in [-0.3, -0.25) is 4.98 Å². The summed E-state index contributed by atoms with van der Waals surface area (Å²) in [7, 11) is 0. The summed E-state index contributed by atoms with van der Waals surface area (Å²) in [6.07, 6.45) is 4.55. The molecule has 0 atom stereocenters. The number of rotatable bonds is 3. The molecule has 0 radical (unpaired) electrons. The molecule has 3 heterocycles. The zero-order chi connectivity index (χ0) is 14.3. The maximum atomic E-state index is 11.5. The Morgan fingerprint density at radius 2 is 1.75 bits per heavy atom. The van der Waals surface area contributed by atoms with Crippen LogP contribution >= 0.6 is 0 Å². The van der Waals surface area contributed by atoms with Crippen molar-refractivity contribution in [2.75, 3.05) is 0 Å². The van der Waals surface area contributed by atoms with Gasteiger partial charge in [-0.05, 0) is 25.0 Å². The number of carboxylic acids is 2. The van der Waals surface area contributed by atoms with Crippen LogP contribution in [0.15, 0.2) is 24.5 Å². The van der Waals surface area contributed by atoms with Crippen molar-refractivity contribution in [3.8, 4) is 11.3 Å². The van der Waals surface area contributed by atoms with E-state index in [4.69, 9.17) is 0 Å². The molecule has 0 fully saturated rings. The fourth-order valence-electron chi connectivity index (χ4n) is 2.83. The van der Waals surface area contributed by atoms with E-state index < -0.39 is 11.9 Å². The molecule has 6 heteroatoms. The molecule has 1 aliphatic rings. The van der Waals surface area contributed by atoms with Gasteiger partial charge in [0.05, 0.1) is 16.8 Å². The number of carbonyl (C=O) groups is 2. The summed E-state index contributed by atoms with van der Waals surface area (Å²) in [6, 6.07) is 3.39. The monoisotopic (exact) mass is 272 g/mol. The Balaban J connectivity index is 2.37. The quantitative estimate of drug-likeness (QED) is 0.890. The average molecular weight is 272 g/mol. The number of hydrogen-bond acceptors (Lipinski definition) is 3. The molecule has 0 saturated heterocycles. The van der Waals surface area contributed by atoms with Crippen LogP contribution in [0.2, 0.25) is 0 Å². The maximum absolute atomic E-state index is 11.5. The standard InChI is InChI=1S/C14H12N2O4/c17-13(18)10-9-2-1-7-16(9)12(11(10)14(19)20)8-3-5-15-6-4-8/h3-6H,1-2,7H2,(H,17,18)(H,19,20). The van der Waals surface area contributed by atoms with Gasteiger partial charge in [0.2, 0.25) is 0 Å². The number of hydrogen-bond donors (Lipinski definition) is 2. The predicted octanol–water partition coefficient (Wildman–Crippen LogP) is 1.89. The Kier molecular flexibility index (Phi) is 2.78. The minimum atomic E-state index is -1.21. The Bertz CT molecular complexity index is 704. The lowest BCUT2D eigenvalue weighted by molar-refractivity contribution is 0.0652. The first-order chi connectivity index (χ1) is 9.61. The van der Waals surface area contributed by atoms with Gasteiger partial charge >= 0.3 is 11.9 Å². The first-order valence-electron chi connectivity index (χ1n) is 6.23. The molecule has 0 spiro atoms. The molecule has 0 aliphatic carbocycles. The van der Waals surface area contributed by atoms with Gasteiger partial charge in [-0.15, -0.1) is 0 Å². The second-order valence-electron chi connectivity index (χ2n) is 4.65. The highest BCUT2D eigenvalue weighted by molar-refractivity contribution is 6.07. The molecule has 102 valence electrons. The van der Waals surface area contributed by atoms with E-state index in [9.17, 15) is 19.8 Å². The van der Waals surface area contributed by atoms with E-state index in [-0.39, 0.29) is 11.1 Å². The van der Waals surface area contributed by atoms with Gasteiger partial charge in [-0.25, -0.2) is 9.59 Å². The van der Waals surface area contributed by atoms with Crippen LogP contribution in [0.1, 0.15) is 32.8 Å². The number of pyridine rings is 1. The fourth-order valence-corrected chi connectivity index (χ4v) is 2.83. The Morgan fingerprint density at radius 3 is 2.35 bits per heavy atom. The Morgan fingerprint density at radius 1 is 1.10 bits per heavy atom. The zero-order valence-electron chi connectivity index (χ0n) is 10.5. The average Bonchev–Trinajstić information content (AvgIpc) is 2.97. The van der Waals surface area contributed by atoms with Crippen molar-refractivity contribution in [1.82, 2.24) is 9.55 Å². The third kappa shape index (κ3) is 1.69. The maximum Gasteiger partial charge on any atom is 0.338 e. The Hall–Kier alpha value is -2.63. The molecule has 2 aromatic rings. The minimum Gasteiger partial charge on any atom is -0.478 e. The largest absolute Gasteiger partial charge is 0.478 e. The first-order valence-corrected chi connectivity index (χ1v) is 6.23. The van der Waals surface area contributed by atoms with E-state index in [2.05, 4.69) is 4.98 Å². The lowest BCUT2D eigenvalue weighted by atomic mass is 10.0. The van der Waals surface area contributed by atoms with Gasteiger partial charge in [0.15, 0.2) is 0 Å². The van der Waals surface area contributed by atoms with E-state index in [0.29, 0.717) is 29.9 Å². The van der Waals surface area contributed by atoms with Crippen LogP contribution in [-0.4, -0.2) is 31.7 Å². The van der Waals surface area contributed by atoms with Crippen LogP contribution in [0, 0.1) is 0 Å². The zero-order valence-corrected chi connectivity index (χ0v) is 10.5. The highest BCUT2D eigenvalue weighted by Crippen LogP contribution is 2.35. The molecule has 0 amide bonds. The van der Waals surface area contributed by atoms with E-state index >= 15 is 0 Å². The summed E-state index contributed by atoms with van der Waals surface area (Å²) in [4.78, 5) is 26.9. The number of fused-ring (bicyclic) bond motifs is 1. The van der Waals surface area contributed by atoms with Crippen molar-refractivity contribution in [3.63, 3.8) is 0 Å². The van der Waals surface area contributed by atoms with Crippen LogP contribution < -0.4 is 0 Å². The Labute approximate surface area is 114 Å². The SMILES string of the molecule is O=C(O)c1c(C(=O)O)c(-c2ccncc2)n2c1CCC2. The van der Waals surface area contributed by atoms with Crippen LogP contribution in [-0.2, 0) is 13.0 Å². The van der Waals surface area contributed by atoms with Crippen molar-refractivity contribution in [2.24, 2.45) is 0 Å². The fraction of sp³-hybridized carbons (Fsp3) is 0.214. The van der Waals surface area contributed by atoms with Gasteiger partial charge < -0.3 is 14.8 Å². The second-order valence-corrected chi connectivity index (χ2v) is 4.65. The smallest absolute Gasteiger partial charge is 0.338 e. The van der Waals surface area contributed by atoms with E-state index in [1.807, 2.05) is 4.57 Å². The van der Waals surface area contributed by atoms with Crippen LogP contribution in [0.3, 0.4) is 0 Å². The highest BCUT2D eigenvalue weighted by atomic mass is 16.4. The van der Waals surface area contributed by atoms with Gasteiger partial charge in [-0.2, -0.15) is 0 Å². The second kappa shape index (κ2) is 4.48. The third-order valence-corrected chi connectivity index (χ3v) is 3.55. The summed E-state index contributed by atoms with van der Waals surface area (Å²) < 4.78 is 1.81. The molecule has 3 rings (SSSR count). The van der Waals surface area contributed by atoms with E-state index in [1.165, 1.54) is 0 Å². The summed E-state index contributed by atoms with van der Waals surface area (Å²) >= 11 is 0. The third-order valence-electron chi connectivity index (χ3n) is 3.55. The summed E-state index contributed by atoms with van der Waals surface area (Å²) in [5.41, 5.74) is 1.53. The molecule has 0 saturated carbocycles. The molecule has 2 N–H and O–H groups in total. The molecule has 2 aromatic heterocycles. The van der Waals surface area contributed by atoms with Crippen molar-refractivity contribution in [1.29, 1.82) is 0 Å². The number of aromatic carboxylic acids is 2. The number of aromatic nitrogens is 2. The van der Waals surface area contributed by atoms with Crippen LogP contribution in [0.5, 0.6) is 0 Å². The highest BCUT2D eigenvalue weighted by Gasteiger charge is 2.33. The van der Waals surface area contributed by atoms with E-state index in [1.54, 1.807) is 24.5 Å². The van der Waals surface area contributed by atoms with Gasteiger partial charge in [0, 0.05) is 30.2 Å². The normalized spacial score (nSPS) is 13.2. The van der Waals surface area contributed by atoms with Crippen molar-refractivity contribution in [3.05, 3.63) is 41.3 Å². The molecule has 0 unspecified atom stereocenters. The number of nitrogens with zero attached hydrogens (tertiary/aromatic N) is 2. The van der Waals surface area contributed by atoms with Crippen molar-refractivity contribution < 1.29 is 19.8 Å². The molecule has 6 nitrogen and oxygen atoms in total. The lowest BCUT2D eigenvalue weighted by Crippen LogP contribution is -2.08. The molecule has 20 heavy (non-hydrogen) atoms. The predicted molar refractivity (Wildman–Crippen MR) is 69.9 cm³/mol. The molecule has 0 aromatic carbocycles. The summed E-state index contributed by atoms with van der Waals surface area (Å²) in [6.45, 7) is 0.639. The van der Waals surface area contributed by atoms with Crippen LogP contribution in [0.4, 0.5) is 0 Å². The molecular weight excluding hydrogens is 260 g/mol. The molecule has 1 aliphatic heterocycles. The first kappa shape index (κ1) is 12.4. The summed E-state index contributed by atoms with van der Waals surface area (Å²) in [5.74, 6) is -2.40. The lowest BCUT2D eigenvalue weighted by Gasteiger charge is -2.07. The van der Waals surface area contributed by atoms with Gasteiger partial charge in [0.1, 0.15) is 0 Å². The van der Waals surface area contributed by atoms with Crippen molar-refractivity contribution >= 4 is 11.9 Å². The van der Waals surface area contributed by atoms with Gasteiger partial charge in [-0.1, -0.05) is 0 Å². The molecule has 0 bridgehead atoms. The minimum absolute atomic E-state index is 0.0817. The van der Waals surface area contributed by atoms with Crippen molar-refractivity contribution in [2.45, 2.75) is 19.4 Å². The van der Waals surface area contributed by atoms with Crippen LogP contribution in [0.25, 0.3) is 11.3 Å². The number of carboxylic acid groups (broad SMARTS) is 2. The van der Waals surface area contributed by atoms with Gasteiger partial charge in [0.25, 0.3) is 0 Å². The van der Waals surface area contributed by atoms with E-state index in [0.717, 1.165) is 6.42 Å². The summed E-state index contributed by atoms with van der Waals surface area (Å²) in [5, 5.41) is 18.8.